The first kappa shape index (κ1) is 27.2. The summed E-state index contributed by atoms with van der Waals surface area (Å²) in [7, 11) is 0. The molecule has 2 saturated carbocycles. The fourth-order valence-electron chi connectivity index (χ4n) is 5.19. The number of thiocarbonyl (C=S) groups is 2. The molecule has 2 aliphatic carbocycles. The number of amides is 2. The summed E-state index contributed by atoms with van der Waals surface area (Å²) in [5.41, 5.74) is 7.80. The Hall–Kier alpha value is -2.84. The number of para-hydroxylation sites is 2. The largest absolute Gasteiger partial charge is 0.284 e. The summed E-state index contributed by atoms with van der Waals surface area (Å²) in [6, 6.07) is 19.0. The van der Waals surface area contributed by atoms with Gasteiger partial charge in [0.15, 0.2) is 0 Å². The number of carbonyl (C=O) groups excluding carboxylic acids is 2. The summed E-state index contributed by atoms with van der Waals surface area (Å²) in [5.74, 6) is 0.0306. The van der Waals surface area contributed by atoms with Crippen LogP contribution in [0.25, 0.3) is 0 Å². The van der Waals surface area contributed by atoms with Crippen LogP contribution in [0.2, 0.25) is 0 Å². The second kappa shape index (κ2) is 13.6. The lowest BCUT2D eigenvalue weighted by Crippen LogP contribution is -2.52. The Balaban J connectivity index is 1.43. The number of anilines is 2. The molecular weight excluding hydrogens is 500 g/mol. The van der Waals surface area contributed by atoms with E-state index >= 15 is 0 Å². The van der Waals surface area contributed by atoms with Gasteiger partial charge in [0.05, 0.1) is 17.8 Å². The lowest BCUT2D eigenvalue weighted by atomic mass is 9.88. The van der Waals surface area contributed by atoms with Crippen LogP contribution in [0.15, 0.2) is 60.7 Å². The number of rotatable bonds is 6. The minimum absolute atomic E-state index is 0.0176. The number of hydrogen-bond donors (Lipinski definition) is 2. The number of nitrogens with zero attached hydrogens (tertiary/aromatic N) is 2. The summed E-state index contributed by atoms with van der Waals surface area (Å²) in [4.78, 5) is 27.7. The second-order valence-corrected chi connectivity index (χ2v) is 10.9. The molecule has 0 bridgehead atoms. The van der Waals surface area contributed by atoms with E-state index in [2.05, 4.69) is 10.9 Å². The molecule has 2 aromatic carbocycles. The number of hydrogen-bond acceptors (Lipinski definition) is 4. The van der Waals surface area contributed by atoms with E-state index < -0.39 is 0 Å². The summed E-state index contributed by atoms with van der Waals surface area (Å²) in [5, 5.41) is 3.14. The van der Waals surface area contributed by atoms with E-state index in [9.17, 15) is 9.59 Å². The van der Waals surface area contributed by atoms with E-state index in [4.69, 9.17) is 24.4 Å². The SMILES string of the molecule is O=C(C1CCCCC1)N(NC(=S)CC(=S)NN(C(=O)C1CCCCC1)c1ccccc1)c1ccccc1. The molecule has 2 fully saturated rings. The van der Waals surface area contributed by atoms with Crippen molar-refractivity contribution in [2.45, 2.75) is 70.6 Å². The molecule has 6 nitrogen and oxygen atoms in total. The molecule has 0 atom stereocenters. The fourth-order valence-corrected chi connectivity index (χ4v) is 5.75. The molecule has 0 spiro atoms. The third-order valence-corrected chi connectivity index (χ3v) is 7.64. The van der Waals surface area contributed by atoms with Gasteiger partial charge in [-0.1, -0.05) is 99.4 Å². The van der Waals surface area contributed by atoms with Crippen molar-refractivity contribution in [2.75, 3.05) is 10.0 Å². The number of carbonyl (C=O) groups is 2. The molecule has 2 amide bonds. The first-order valence-electron chi connectivity index (χ1n) is 13.4. The minimum Gasteiger partial charge on any atom is -0.284 e. The van der Waals surface area contributed by atoms with Gasteiger partial charge in [-0.05, 0) is 49.9 Å². The smallest absolute Gasteiger partial charge is 0.248 e. The van der Waals surface area contributed by atoms with Gasteiger partial charge < -0.3 is 0 Å². The molecule has 196 valence electrons. The standard InChI is InChI=1S/C29H36N4O2S2/c34-28(22-13-5-1-6-14-22)32(24-17-9-3-10-18-24)30-26(36)21-27(37)31-33(25-19-11-4-12-20-25)29(35)23-15-7-2-8-16-23/h3-4,9-12,17-20,22-23H,1-2,5-8,13-16,21H2,(H,30,36)(H,31,37). The van der Waals surface area contributed by atoms with E-state index in [-0.39, 0.29) is 30.1 Å². The number of nitrogens with one attached hydrogen (secondary N) is 2. The molecule has 0 aliphatic heterocycles. The summed E-state index contributed by atoms with van der Waals surface area (Å²) in [6.45, 7) is 0. The van der Waals surface area contributed by atoms with E-state index in [0.717, 1.165) is 62.7 Å². The molecule has 2 aromatic rings. The first-order valence-corrected chi connectivity index (χ1v) is 14.2. The second-order valence-electron chi connectivity index (χ2n) is 9.93. The van der Waals surface area contributed by atoms with E-state index in [0.29, 0.717) is 9.98 Å². The first-order chi connectivity index (χ1) is 18.0. The van der Waals surface area contributed by atoms with Gasteiger partial charge >= 0.3 is 0 Å². The zero-order chi connectivity index (χ0) is 26.0. The molecule has 0 saturated heterocycles. The van der Waals surface area contributed by atoms with Gasteiger partial charge in [0.2, 0.25) is 11.8 Å². The van der Waals surface area contributed by atoms with Gasteiger partial charge in [0, 0.05) is 11.8 Å². The highest BCUT2D eigenvalue weighted by molar-refractivity contribution is 7.82. The molecule has 0 unspecified atom stereocenters. The summed E-state index contributed by atoms with van der Waals surface area (Å²) >= 11 is 11.3. The van der Waals surface area contributed by atoms with Crippen molar-refractivity contribution in [3.05, 3.63) is 60.7 Å². The Bertz CT molecular complexity index is 982. The predicted molar refractivity (Wildman–Crippen MR) is 157 cm³/mol. The Kier molecular flexibility index (Phi) is 10.0. The normalized spacial score (nSPS) is 16.4. The third kappa shape index (κ3) is 7.58. The van der Waals surface area contributed by atoms with Crippen molar-refractivity contribution >= 4 is 57.6 Å². The van der Waals surface area contributed by atoms with Crippen LogP contribution in [-0.2, 0) is 9.59 Å². The Morgan fingerprint density at radius 2 is 0.973 bits per heavy atom. The number of benzene rings is 2. The van der Waals surface area contributed by atoms with Crippen LogP contribution in [-0.4, -0.2) is 21.8 Å². The summed E-state index contributed by atoms with van der Waals surface area (Å²) in [6.07, 6.45) is 10.4. The molecule has 37 heavy (non-hydrogen) atoms. The molecule has 8 heteroatoms. The average molecular weight is 537 g/mol. The van der Waals surface area contributed by atoms with Gasteiger partial charge in [0.1, 0.15) is 9.98 Å². The molecule has 2 aliphatic rings. The number of hydrazine groups is 2. The highest BCUT2D eigenvalue weighted by atomic mass is 32.1. The molecule has 0 radical (unpaired) electrons. The van der Waals surface area contributed by atoms with E-state index in [1.165, 1.54) is 12.8 Å². The van der Waals surface area contributed by atoms with Crippen LogP contribution in [0.3, 0.4) is 0 Å². The maximum atomic E-state index is 13.4. The Morgan fingerprint density at radius 1 is 0.622 bits per heavy atom. The summed E-state index contributed by atoms with van der Waals surface area (Å²) < 4.78 is 0. The van der Waals surface area contributed by atoms with Gasteiger partial charge in [-0.25, -0.2) is 10.0 Å². The van der Waals surface area contributed by atoms with Crippen LogP contribution in [0, 0.1) is 11.8 Å². The van der Waals surface area contributed by atoms with Crippen molar-refractivity contribution < 1.29 is 9.59 Å². The monoisotopic (exact) mass is 536 g/mol. The topological polar surface area (TPSA) is 64.7 Å². The third-order valence-electron chi connectivity index (χ3n) is 7.17. The predicted octanol–water partition coefficient (Wildman–Crippen LogP) is 6.27. The average Bonchev–Trinajstić information content (AvgIpc) is 2.96. The molecule has 2 N–H and O–H groups in total. The van der Waals surface area contributed by atoms with Crippen LogP contribution in [0.4, 0.5) is 11.4 Å². The van der Waals surface area contributed by atoms with Crippen molar-refractivity contribution in [1.29, 1.82) is 0 Å². The zero-order valence-electron chi connectivity index (χ0n) is 21.2. The Morgan fingerprint density at radius 3 is 1.32 bits per heavy atom. The van der Waals surface area contributed by atoms with Crippen molar-refractivity contribution in [3.63, 3.8) is 0 Å². The molecular formula is C29H36N4O2S2. The highest BCUT2D eigenvalue weighted by Gasteiger charge is 2.29. The zero-order valence-corrected chi connectivity index (χ0v) is 22.9. The fraction of sp³-hybridized carbons (Fsp3) is 0.448. The van der Waals surface area contributed by atoms with E-state index in [1.807, 2.05) is 60.7 Å². The van der Waals surface area contributed by atoms with Crippen molar-refractivity contribution in [3.8, 4) is 0 Å². The maximum Gasteiger partial charge on any atom is 0.248 e. The quantitative estimate of drug-likeness (QED) is 0.335. The van der Waals surface area contributed by atoms with Crippen LogP contribution in [0.5, 0.6) is 0 Å². The van der Waals surface area contributed by atoms with Crippen LogP contribution < -0.4 is 20.9 Å². The molecule has 4 rings (SSSR count). The van der Waals surface area contributed by atoms with Crippen LogP contribution >= 0.6 is 24.4 Å². The van der Waals surface area contributed by atoms with E-state index in [1.54, 1.807) is 10.0 Å². The lowest BCUT2D eigenvalue weighted by molar-refractivity contribution is -0.124. The maximum absolute atomic E-state index is 13.4. The van der Waals surface area contributed by atoms with Crippen LogP contribution in [0.1, 0.15) is 70.6 Å². The van der Waals surface area contributed by atoms with Gasteiger partial charge in [-0.15, -0.1) is 0 Å². The van der Waals surface area contributed by atoms with Gasteiger partial charge in [-0.2, -0.15) is 0 Å². The van der Waals surface area contributed by atoms with Crippen molar-refractivity contribution in [2.24, 2.45) is 11.8 Å². The Labute approximate surface area is 230 Å². The van der Waals surface area contributed by atoms with Gasteiger partial charge in [0.25, 0.3) is 0 Å². The molecule has 0 heterocycles. The van der Waals surface area contributed by atoms with Gasteiger partial charge in [-0.3, -0.25) is 20.4 Å². The highest BCUT2D eigenvalue weighted by Crippen LogP contribution is 2.28. The lowest BCUT2D eigenvalue weighted by Gasteiger charge is -2.32. The minimum atomic E-state index is -0.0176. The molecule has 0 aromatic heterocycles. The van der Waals surface area contributed by atoms with Crippen molar-refractivity contribution in [1.82, 2.24) is 10.9 Å².